The Morgan fingerprint density at radius 2 is 1.80 bits per heavy atom. The summed E-state index contributed by atoms with van der Waals surface area (Å²) >= 11 is 0. The van der Waals surface area contributed by atoms with Crippen molar-refractivity contribution in [3.63, 3.8) is 0 Å². The Morgan fingerprint density at radius 3 is 2.55 bits per heavy atom. The number of hydrogen-bond donors (Lipinski definition) is 1. The van der Waals surface area contributed by atoms with Gasteiger partial charge in [-0.3, -0.25) is 0 Å². The molecule has 2 aromatic rings. The lowest BCUT2D eigenvalue weighted by Gasteiger charge is -2.17. The zero-order valence-corrected chi connectivity index (χ0v) is 12.6. The molecule has 1 heterocycles. The molecule has 0 radical (unpaired) electrons. The van der Waals surface area contributed by atoms with Crippen LogP contribution < -0.4 is 10.1 Å². The van der Waals surface area contributed by atoms with Crippen LogP contribution in [0.4, 0.5) is 5.69 Å². The number of fused-ring (bicyclic) bond motifs is 1. The fourth-order valence-corrected chi connectivity index (χ4v) is 2.94. The van der Waals surface area contributed by atoms with E-state index in [4.69, 9.17) is 4.74 Å². The van der Waals surface area contributed by atoms with Gasteiger partial charge in [-0.1, -0.05) is 23.8 Å². The van der Waals surface area contributed by atoms with Crippen LogP contribution in [0.5, 0.6) is 5.75 Å². The molecule has 1 aliphatic heterocycles. The summed E-state index contributed by atoms with van der Waals surface area (Å²) in [6, 6.07) is 11.3. The van der Waals surface area contributed by atoms with Crippen LogP contribution >= 0.6 is 0 Å². The van der Waals surface area contributed by atoms with Gasteiger partial charge in [-0.25, -0.2) is 0 Å². The Balaban J connectivity index is 1.98. The number of nitrogens with one attached hydrogen (secondary N) is 1. The molecule has 0 aliphatic carbocycles. The average molecular weight is 267 g/mol. The summed E-state index contributed by atoms with van der Waals surface area (Å²) in [5.41, 5.74) is 7.81. The largest absolute Gasteiger partial charge is 0.496 e. The van der Waals surface area contributed by atoms with Crippen molar-refractivity contribution in [1.29, 1.82) is 0 Å². The second-order valence-corrected chi connectivity index (χ2v) is 5.74. The van der Waals surface area contributed by atoms with Gasteiger partial charge < -0.3 is 10.1 Å². The molecule has 0 bridgehead atoms. The van der Waals surface area contributed by atoms with Crippen LogP contribution in [0.25, 0.3) is 0 Å². The minimum atomic E-state index is 0.307. The van der Waals surface area contributed by atoms with E-state index in [0.717, 1.165) is 12.2 Å². The zero-order chi connectivity index (χ0) is 14.3. The van der Waals surface area contributed by atoms with E-state index in [-0.39, 0.29) is 0 Å². The van der Waals surface area contributed by atoms with Gasteiger partial charge in [0.25, 0.3) is 0 Å². The molecule has 0 spiro atoms. The smallest absolute Gasteiger partial charge is 0.124 e. The van der Waals surface area contributed by atoms with Crippen LogP contribution in [0.15, 0.2) is 30.3 Å². The topological polar surface area (TPSA) is 21.3 Å². The molecular formula is C18H21NO. The normalized spacial score (nSPS) is 16.7. The van der Waals surface area contributed by atoms with E-state index in [2.05, 4.69) is 56.4 Å². The molecule has 1 atom stereocenters. The van der Waals surface area contributed by atoms with Crippen LogP contribution in [0.3, 0.4) is 0 Å². The Morgan fingerprint density at radius 1 is 1.05 bits per heavy atom. The van der Waals surface area contributed by atoms with E-state index >= 15 is 0 Å². The second-order valence-electron chi connectivity index (χ2n) is 5.74. The van der Waals surface area contributed by atoms with Crippen molar-refractivity contribution in [2.75, 3.05) is 12.4 Å². The van der Waals surface area contributed by atoms with Crippen LogP contribution in [-0.4, -0.2) is 7.11 Å². The van der Waals surface area contributed by atoms with Gasteiger partial charge in [0.2, 0.25) is 0 Å². The van der Waals surface area contributed by atoms with Gasteiger partial charge >= 0.3 is 0 Å². The highest BCUT2D eigenvalue weighted by molar-refractivity contribution is 5.61. The molecule has 2 aromatic carbocycles. The molecule has 2 heteroatoms. The summed E-state index contributed by atoms with van der Waals surface area (Å²) < 4.78 is 5.58. The zero-order valence-electron chi connectivity index (χ0n) is 12.6. The predicted octanol–water partition coefficient (Wildman–Crippen LogP) is 4.33. The second kappa shape index (κ2) is 4.86. The fraction of sp³-hybridized carbons (Fsp3) is 0.333. The Kier molecular flexibility index (Phi) is 3.17. The first-order valence-corrected chi connectivity index (χ1v) is 7.09. The van der Waals surface area contributed by atoms with Gasteiger partial charge in [-0.15, -0.1) is 0 Å². The monoisotopic (exact) mass is 267 g/mol. The lowest BCUT2D eigenvalue weighted by molar-refractivity contribution is 0.407. The van der Waals surface area contributed by atoms with E-state index in [0.29, 0.717) is 6.04 Å². The number of methoxy groups -OCH3 is 1. The maximum absolute atomic E-state index is 5.58. The van der Waals surface area contributed by atoms with Crippen molar-refractivity contribution < 1.29 is 4.74 Å². The van der Waals surface area contributed by atoms with Gasteiger partial charge in [0.05, 0.1) is 13.2 Å². The summed E-state index contributed by atoms with van der Waals surface area (Å²) in [5.74, 6) is 0.982. The van der Waals surface area contributed by atoms with Gasteiger partial charge in [0.1, 0.15) is 5.75 Å². The molecule has 0 saturated heterocycles. The van der Waals surface area contributed by atoms with E-state index in [9.17, 15) is 0 Å². The van der Waals surface area contributed by atoms with Crippen LogP contribution in [0, 0.1) is 20.8 Å². The maximum atomic E-state index is 5.58. The molecule has 104 valence electrons. The number of hydrogen-bond acceptors (Lipinski definition) is 2. The van der Waals surface area contributed by atoms with Crippen molar-refractivity contribution >= 4 is 5.69 Å². The van der Waals surface area contributed by atoms with Gasteiger partial charge in [-0.2, -0.15) is 0 Å². The molecule has 1 aliphatic rings. The molecule has 1 N–H and O–H groups in total. The minimum absolute atomic E-state index is 0.307. The standard InChI is InChI=1S/C18H21NO/c1-11-5-6-16-14(7-11)10-17(19-16)15-8-12(2)13(3)9-18(15)20-4/h5-9,17,19H,10H2,1-4H3. The first kappa shape index (κ1) is 13.0. The van der Waals surface area contributed by atoms with E-state index < -0.39 is 0 Å². The van der Waals surface area contributed by atoms with Crippen molar-refractivity contribution in [3.8, 4) is 5.75 Å². The average Bonchev–Trinajstić information content (AvgIpc) is 2.84. The minimum Gasteiger partial charge on any atom is -0.496 e. The Labute approximate surface area is 120 Å². The third kappa shape index (κ3) is 2.15. The van der Waals surface area contributed by atoms with Crippen molar-refractivity contribution in [2.24, 2.45) is 0 Å². The highest BCUT2D eigenvalue weighted by Gasteiger charge is 2.24. The van der Waals surface area contributed by atoms with Crippen LogP contribution in [0.1, 0.15) is 33.9 Å². The fourth-order valence-electron chi connectivity index (χ4n) is 2.94. The van der Waals surface area contributed by atoms with Crippen LogP contribution in [0.2, 0.25) is 0 Å². The lowest BCUT2D eigenvalue weighted by atomic mass is 9.97. The molecular weight excluding hydrogens is 246 g/mol. The number of rotatable bonds is 2. The van der Waals surface area contributed by atoms with Crippen molar-refractivity contribution in [3.05, 3.63) is 58.1 Å². The van der Waals surface area contributed by atoms with Gasteiger partial charge in [0, 0.05) is 11.3 Å². The summed E-state index contributed by atoms with van der Waals surface area (Å²) in [7, 11) is 1.75. The first-order chi connectivity index (χ1) is 9.58. The van der Waals surface area contributed by atoms with Crippen molar-refractivity contribution in [1.82, 2.24) is 0 Å². The highest BCUT2D eigenvalue weighted by atomic mass is 16.5. The van der Waals surface area contributed by atoms with Crippen LogP contribution in [-0.2, 0) is 6.42 Å². The molecule has 20 heavy (non-hydrogen) atoms. The molecule has 0 amide bonds. The van der Waals surface area contributed by atoms with Crippen molar-refractivity contribution in [2.45, 2.75) is 33.2 Å². The van der Waals surface area contributed by atoms with E-state index in [1.54, 1.807) is 7.11 Å². The van der Waals surface area contributed by atoms with E-state index in [1.165, 1.54) is 33.5 Å². The quantitative estimate of drug-likeness (QED) is 0.874. The summed E-state index contributed by atoms with van der Waals surface area (Å²) in [6.07, 6.45) is 1.02. The molecule has 0 aromatic heterocycles. The molecule has 0 fully saturated rings. The third-order valence-electron chi connectivity index (χ3n) is 4.24. The lowest BCUT2D eigenvalue weighted by Crippen LogP contribution is -2.08. The van der Waals surface area contributed by atoms with Gasteiger partial charge in [0.15, 0.2) is 0 Å². The molecule has 1 unspecified atom stereocenters. The van der Waals surface area contributed by atoms with E-state index in [1.807, 2.05) is 0 Å². The summed E-state index contributed by atoms with van der Waals surface area (Å²) in [4.78, 5) is 0. The highest BCUT2D eigenvalue weighted by Crippen LogP contribution is 2.39. The van der Waals surface area contributed by atoms with Gasteiger partial charge in [-0.05, 0) is 56.0 Å². The molecule has 0 saturated carbocycles. The third-order valence-corrected chi connectivity index (χ3v) is 4.24. The number of anilines is 1. The molecule has 2 nitrogen and oxygen atoms in total. The number of benzene rings is 2. The summed E-state index contributed by atoms with van der Waals surface area (Å²) in [6.45, 7) is 6.43. The number of aryl methyl sites for hydroxylation is 3. The Hall–Kier alpha value is -1.96. The SMILES string of the molecule is COc1cc(C)c(C)cc1C1Cc2cc(C)ccc2N1. The predicted molar refractivity (Wildman–Crippen MR) is 83.7 cm³/mol. The Bertz CT molecular complexity index is 661. The maximum Gasteiger partial charge on any atom is 0.124 e. The first-order valence-electron chi connectivity index (χ1n) is 7.09. The number of ether oxygens (including phenoxy) is 1. The summed E-state index contributed by atoms with van der Waals surface area (Å²) in [5, 5.41) is 3.62. The molecule has 3 rings (SSSR count).